The molecule has 0 aromatic rings. The van der Waals surface area contributed by atoms with Crippen LogP contribution in [-0.2, 0) is 10.0 Å². The zero-order chi connectivity index (χ0) is 12.6. The molecule has 2 N–H and O–H groups in total. The summed E-state index contributed by atoms with van der Waals surface area (Å²) in [5, 5.41) is 0. The van der Waals surface area contributed by atoms with Gasteiger partial charge in [0.05, 0.1) is 6.04 Å². The van der Waals surface area contributed by atoms with Gasteiger partial charge in [-0.3, -0.25) is 0 Å². The third-order valence-corrected chi connectivity index (χ3v) is 4.19. The van der Waals surface area contributed by atoms with Crippen LogP contribution in [0, 0.1) is 0 Å². The molecule has 1 fully saturated rings. The number of rotatable bonds is 2. The molecule has 9 heteroatoms. The first-order chi connectivity index (χ1) is 7.20. The summed E-state index contributed by atoms with van der Waals surface area (Å²) in [6.07, 6.45) is 0. The molecule has 16 heavy (non-hydrogen) atoms. The van der Waals surface area contributed by atoms with Crippen LogP contribution in [0.15, 0.2) is 0 Å². The molecule has 1 heterocycles. The van der Waals surface area contributed by atoms with Crippen LogP contribution in [0.2, 0.25) is 0 Å². The Morgan fingerprint density at radius 2 is 1.94 bits per heavy atom. The molecule has 1 rings (SSSR count). The molecule has 1 saturated heterocycles. The molecule has 1 aliphatic heterocycles. The summed E-state index contributed by atoms with van der Waals surface area (Å²) < 4.78 is 59.9. The van der Waals surface area contributed by atoms with Crippen LogP contribution in [0.4, 0.5) is 13.2 Å². The summed E-state index contributed by atoms with van der Waals surface area (Å²) in [5.41, 5.74) is 0.0421. The zero-order valence-electron chi connectivity index (χ0n) is 8.74. The van der Waals surface area contributed by atoms with Crippen molar-refractivity contribution < 1.29 is 21.6 Å². The van der Waals surface area contributed by atoms with E-state index in [0.717, 1.165) is 0 Å². The van der Waals surface area contributed by atoms with Crippen LogP contribution in [0.25, 0.3) is 0 Å². The maximum atomic E-state index is 12.3. The van der Waals surface area contributed by atoms with Gasteiger partial charge in [-0.2, -0.15) is 17.5 Å². The van der Waals surface area contributed by atoms with E-state index in [9.17, 15) is 21.6 Å². The summed E-state index contributed by atoms with van der Waals surface area (Å²) in [6.45, 7) is 0.178. The molecule has 0 bridgehead atoms. The van der Waals surface area contributed by atoms with Crippen LogP contribution >= 0.6 is 0 Å². The van der Waals surface area contributed by atoms with E-state index in [1.54, 1.807) is 11.9 Å². The first-order valence-corrected chi connectivity index (χ1v) is 6.11. The second kappa shape index (κ2) is 4.47. The number of alkyl halides is 3. The van der Waals surface area contributed by atoms with E-state index in [2.05, 4.69) is 0 Å². The van der Waals surface area contributed by atoms with Gasteiger partial charge in [-0.15, -0.1) is 0 Å². The van der Waals surface area contributed by atoms with E-state index in [-0.39, 0.29) is 26.2 Å². The average molecular weight is 261 g/mol. The fraction of sp³-hybridized carbons (Fsp3) is 1.00. The lowest BCUT2D eigenvalue weighted by Crippen LogP contribution is -2.59. The first kappa shape index (κ1) is 13.7. The normalized spacial score (nSPS) is 25.9. The summed E-state index contributed by atoms with van der Waals surface area (Å²) in [5.74, 6) is 0. The highest BCUT2D eigenvalue weighted by atomic mass is 32.2. The van der Waals surface area contributed by atoms with Gasteiger partial charge in [-0.25, -0.2) is 8.42 Å². The minimum atomic E-state index is -5.26. The molecule has 0 aromatic heterocycles. The predicted octanol–water partition coefficient (Wildman–Crippen LogP) is -0.589. The van der Waals surface area contributed by atoms with Crippen molar-refractivity contribution in [3.63, 3.8) is 0 Å². The quantitative estimate of drug-likeness (QED) is 0.721. The first-order valence-electron chi connectivity index (χ1n) is 4.67. The Bertz CT molecular complexity index is 343. The number of piperazine rings is 1. The molecule has 1 atom stereocenters. The lowest BCUT2D eigenvalue weighted by Gasteiger charge is -2.38. The van der Waals surface area contributed by atoms with Gasteiger partial charge in [0, 0.05) is 26.2 Å². The van der Waals surface area contributed by atoms with Gasteiger partial charge in [0.2, 0.25) is 0 Å². The van der Waals surface area contributed by atoms with Crippen molar-refractivity contribution in [2.45, 2.75) is 11.6 Å². The second-order valence-corrected chi connectivity index (χ2v) is 5.60. The number of likely N-dealkylation sites (N-methyl/N-ethyl adjacent to an activating group) is 1. The fourth-order valence-corrected chi connectivity index (χ4v) is 2.77. The standard InChI is InChI=1S/C7H14F3N3O2S/c1-12-2-3-13(6(4-11)5-12)16(14,15)7(8,9)10/h6H,2-5,11H2,1H3. The van der Waals surface area contributed by atoms with Gasteiger partial charge in [-0.05, 0) is 7.05 Å². The Morgan fingerprint density at radius 3 is 2.38 bits per heavy atom. The summed E-state index contributed by atoms with van der Waals surface area (Å²) in [7, 11) is -3.55. The zero-order valence-corrected chi connectivity index (χ0v) is 9.55. The molecule has 0 saturated carbocycles. The lowest BCUT2D eigenvalue weighted by molar-refractivity contribution is -0.0515. The Labute approximate surface area is 92.0 Å². The molecular weight excluding hydrogens is 247 g/mol. The Kier molecular flexibility index (Phi) is 3.83. The van der Waals surface area contributed by atoms with Crippen molar-refractivity contribution >= 4 is 10.0 Å². The van der Waals surface area contributed by atoms with Gasteiger partial charge in [-0.1, -0.05) is 0 Å². The third kappa shape index (κ3) is 2.47. The lowest BCUT2D eigenvalue weighted by atomic mass is 10.2. The van der Waals surface area contributed by atoms with Gasteiger partial charge >= 0.3 is 15.5 Å². The molecule has 0 spiro atoms. The SMILES string of the molecule is CN1CCN(S(=O)(=O)C(F)(F)F)C(CN)C1. The van der Waals surface area contributed by atoms with Crippen LogP contribution < -0.4 is 5.73 Å². The minimum absolute atomic E-state index is 0.125. The summed E-state index contributed by atoms with van der Waals surface area (Å²) in [6, 6.07) is -0.814. The maximum absolute atomic E-state index is 12.3. The van der Waals surface area contributed by atoms with E-state index in [0.29, 0.717) is 4.31 Å². The van der Waals surface area contributed by atoms with E-state index >= 15 is 0 Å². The molecule has 96 valence electrons. The van der Waals surface area contributed by atoms with Crippen molar-refractivity contribution in [1.29, 1.82) is 0 Å². The Hall–Kier alpha value is -0.380. The van der Waals surface area contributed by atoms with Crippen LogP contribution in [0.3, 0.4) is 0 Å². The summed E-state index contributed by atoms with van der Waals surface area (Å²) in [4.78, 5) is 1.75. The maximum Gasteiger partial charge on any atom is 0.511 e. The largest absolute Gasteiger partial charge is 0.511 e. The van der Waals surface area contributed by atoms with E-state index < -0.39 is 21.6 Å². The highest BCUT2D eigenvalue weighted by Gasteiger charge is 2.52. The molecule has 5 nitrogen and oxygen atoms in total. The third-order valence-electron chi connectivity index (χ3n) is 2.51. The van der Waals surface area contributed by atoms with Crippen molar-refractivity contribution in [2.75, 3.05) is 33.2 Å². The topological polar surface area (TPSA) is 66.6 Å². The predicted molar refractivity (Wildman–Crippen MR) is 52.0 cm³/mol. The number of nitrogens with two attached hydrogens (primary N) is 1. The molecule has 0 radical (unpaired) electrons. The molecule has 0 aromatic carbocycles. The number of hydrogen-bond acceptors (Lipinski definition) is 4. The van der Waals surface area contributed by atoms with Gasteiger partial charge in [0.25, 0.3) is 0 Å². The van der Waals surface area contributed by atoms with Crippen LogP contribution in [0.1, 0.15) is 0 Å². The average Bonchev–Trinajstić information content (AvgIpc) is 2.15. The van der Waals surface area contributed by atoms with Crippen molar-refractivity contribution in [1.82, 2.24) is 9.21 Å². The van der Waals surface area contributed by atoms with Gasteiger partial charge in [0.15, 0.2) is 0 Å². The van der Waals surface area contributed by atoms with Crippen LogP contribution in [-0.4, -0.2) is 62.4 Å². The molecule has 0 amide bonds. The molecule has 1 unspecified atom stereocenters. The van der Waals surface area contributed by atoms with Crippen molar-refractivity contribution in [2.24, 2.45) is 5.73 Å². The highest BCUT2D eigenvalue weighted by molar-refractivity contribution is 7.90. The van der Waals surface area contributed by atoms with E-state index in [1.165, 1.54) is 0 Å². The number of nitrogens with zero attached hydrogens (tertiary/aromatic N) is 2. The monoisotopic (exact) mass is 261 g/mol. The number of halogens is 3. The number of sulfonamides is 1. The summed E-state index contributed by atoms with van der Waals surface area (Å²) >= 11 is 0. The van der Waals surface area contributed by atoms with Crippen molar-refractivity contribution in [3.05, 3.63) is 0 Å². The van der Waals surface area contributed by atoms with Crippen LogP contribution in [0.5, 0.6) is 0 Å². The Balaban J connectivity index is 2.95. The molecule has 0 aliphatic carbocycles. The minimum Gasteiger partial charge on any atom is -0.329 e. The highest BCUT2D eigenvalue weighted by Crippen LogP contribution is 2.29. The van der Waals surface area contributed by atoms with E-state index in [1.807, 2.05) is 0 Å². The second-order valence-electron chi connectivity index (χ2n) is 3.71. The Morgan fingerprint density at radius 1 is 1.38 bits per heavy atom. The number of hydrogen-bond donors (Lipinski definition) is 1. The van der Waals surface area contributed by atoms with Gasteiger partial charge in [0.1, 0.15) is 0 Å². The smallest absolute Gasteiger partial charge is 0.329 e. The molecule has 1 aliphatic rings. The van der Waals surface area contributed by atoms with Gasteiger partial charge < -0.3 is 10.6 Å². The van der Waals surface area contributed by atoms with Crippen molar-refractivity contribution in [3.8, 4) is 0 Å². The fourth-order valence-electron chi connectivity index (χ4n) is 1.64. The molecular formula is C7H14F3N3O2S. The van der Waals surface area contributed by atoms with E-state index in [4.69, 9.17) is 5.73 Å².